The van der Waals surface area contributed by atoms with E-state index in [1.165, 1.54) is 4.90 Å². The normalized spacial score (nSPS) is 10.5. The molecule has 1 amide bonds. The van der Waals surface area contributed by atoms with Gasteiger partial charge in [-0.15, -0.1) is 0 Å². The Kier molecular flexibility index (Phi) is 3.74. The van der Waals surface area contributed by atoms with Gasteiger partial charge in [-0.3, -0.25) is 9.36 Å². The van der Waals surface area contributed by atoms with Crippen LogP contribution in [0.5, 0.6) is 0 Å². The molecule has 0 spiro atoms. The van der Waals surface area contributed by atoms with E-state index in [1.54, 1.807) is 20.3 Å². The van der Waals surface area contributed by atoms with Crippen molar-refractivity contribution in [1.82, 2.24) is 14.5 Å². The summed E-state index contributed by atoms with van der Waals surface area (Å²) in [6.07, 6.45) is 1.79. The Morgan fingerprint density at radius 2 is 1.55 bits per heavy atom. The van der Waals surface area contributed by atoms with Gasteiger partial charge in [-0.1, -0.05) is 48.5 Å². The van der Waals surface area contributed by atoms with Gasteiger partial charge in [0.1, 0.15) is 11.5 Å². The molecule has 3 aromatic rings. The van der Waals surface area contributed by atoms with E-state index >= 15 is 0 Å². The lowest BCUT2D eigenvalue weighted by atomic mass is 10.2. The molecule has 0 N–H and O–H groups in total. The topological polar surface area (TPSA) is 38.1 Å². The minimum Gasteiger partial charge on any atom is -0.343 e. The number of carbonyl (C=O) groups excluding carboxylic acids is 1. The molecule has 0 fully saturated rings. The van der Waals surface area contributed by atoms with Crippen molar-refractivity contribution in [2.45, 2.75) is 0 Å². The fraction of sp³-hybridized carbons (Fsp3) is 0.111. The molecule has 0 saturated carbocycles. The van der Waals surface area contributed by atoms with Gasteiger partial charge in [0.25, 0.3) is 5.91 Å². The molecule has 0 unspecified atom stereocenters. The molecule has 22 heavy (non-hydrogen) atoms. The zero-order valence-corrected chi connectivity index (χ0v) is 12.6. The Labute approximate surface area is 129 Å². The van der Waals surface area contributed by atoms with Gasteiger partial charge in [-0.25, -0.2) is 4.98 Å². The lowest BCUT2D eigenvalue weighted by Gasteiger charge is -2.07. The van der Waals surface area contributed by atoms with Gasteiger partial charge in [-0.2, -0.15) is 0 Å². The first-order valence-corrected chi connectivity index (χ1v) is 7.08. The third-order valence-electron chi connectivity index (χ3n) is 3.40. The van der Waals surface area contributed by atoms with Crippen LogP contribution < -0.4 is 0 Å². The van der Waals surface area contributed by atoms with Crippen LogP contribution in [0, 0.1) is 0 Å². The van der Waals surface area contributed by atoms with Gasteiger partial charge < -0.3 is 4.90 Å². The van der Waals surface area contributed by atoms with Gasteiger partial charge in [0.15, 0.2) is 0 Å². The van der Waals surface area contributed by atoms with Crippen LogP contribution in [-0.2, 0) is 0 Å². The van der Waals surface area contributed by atoms with E-state index in [0.717, 1.165) is 17.1 Å². The van der Waals surface area contributed by atoms with Crippen molar-refractivity contribution in [3.63, 3.8) is 0 Å². The highest BCUT2D eigenvalue weighted by atomic mass is 16.2. The number of aromatic nitrogens is 2. The SMILES string of the molecule is CN(C)C(=O)c1cn(-c2ccccc2)c(-c2ccccc2)n1. The zero-order valence-electron chi connectivity index (χ0n) is 12.6. The van der Waals surface area contributed by atoms with Gasteiger partial charge in [-0.05, 0) is 12.1 Å². The van der Waals surface area contributed by atoms with Gasteiger partial charge >= 0.3 is 0 Å². The molecule has 0 atom stereocenters. The standard InChI is InChI=1S/C18H17N3O/c1-20(2)18(22)16-13-21(15-11-7-4-8-12-15)17(19-16)14-9-5-3-6-10-14/h3-13H,1-2H3. The maximum atomic E-state index is 12.2. The van der Waals surface area contributed by atoms with Crippen LogP contribution in [0.3, 0.4) is 0 Å². The van der Waals surface area contributed by atoms with E-state index in [4.69, 9.17) is 0 Å². The van der Waals surface area contributed by atoms with E-state index < -0.39 is 0 Å². The van der Waals surface area contributed by atoms with Crippen molar-refractivity contribution in [2.75, 3.05) is 14.1 Å². The minimum absolute atomic E-state index is 0.105. The zero-order chi connectivity index (χ0) is 15.5. The highest BCUT2D eigenvalue weighted by Gasteiger charge is 2.17. The lowest BCUT2D eigenvalue weighted by molar-refractivity contribution is 0.0822. The summed E-state index contributed by atoms with van der Waals surface area (Å²) in [5, 5.41) is 0. The fourth-order valence-electron chi connectivity index (χ4n) is 2.29. The molecule has 4 nitrogen and oxygen atoms in total. The smallest absolute Gasteiger partial charge is 0.273 e. The first kappa shape index (κ1) is 14.1. The molecule has 0 radical (unpaired) electrons. The number of hydrogen-bond donors (Lipinski definition) is 0. The Balaban J connectivity index is 2.17. The predicted octanol–water partition coefficient (Wildman–Crippen LogP) is 3.24. The monoisotopic (exact) mass is 291 g/mol. The van der Waals surface area contributed by atoms with Gasteiger partial charge in [0, 0.05) is 31.5 Å². The van der Waals surface area contributed by atoms with E-state index in [9.17, 15) is 4.79 Å². The number of rotatable bonds is 3. The van der Waals surface area contributed by atoms with E-state index in [0.29, 0.717) is 5.69 Å². The van der Waals surface area contributed by atoms with Crippen LogP contribution in [0.2, 0.25) is 0 Å². The molecule has 0 saturated heterocycles. The molecule has 2 aromatic carbocycles. The van der Waals surface area contributed by atoms with Crippen molar-refractivity contribution < 1.29 is 4.79 Å². The van der Waals surface area contributed by atoms with Crippen LogP contribution in [-0.4, -0.2) is 34.5 Å². The molecule has 0 aliphatic carbocycles. The Morgan fingerprint density at radius 1 is 0.955 bits per heavy atom. The van der Waals surface area contributed by atoms with Gasteiger partial charge in [0.05, 0.1) is 0 Å². The predicted molar refractivity (Wildman–Crippen MR) is 87.0 cm³/mol. The molecule has 110 valence electrons. The molecular formula is C18H17N3O. The molecule has 0 aliphatic rings. The number of benzene rings is 2. The number of para-hydroxylation sites is 1. The Hall–Kier alpha value is -2.88. The second kappa shape index (κ2) is 5.85. The number of carbonyl (C=O) groups is 1. The highest BCUT2D eigenvalue weighted by molar-refractivity contribution is 5.92. The van der Waals surface area contributed by atoms with Crippen LogP contribution in [0.25, 0.3) is 17.1 Å². The quantitative estimate of drug-likeness (QED) is 0.743. The third kappa shape index (κ3) is 2.63. The summed E-state index contributed by atoms with van der Waals surface area (Å²) in [6.45, 7) is 0. The maximum absolute atomic E-state index is 12.2. The summed E-state index contributed by atoms with van der Waals surface area (Å²) in [5.74, 6) is 0.656. The van der Waals surface area contributed by atoms with Crippen molar-refractivity contribution in [3.05, 3.63) is 72.6 Å². The number of amides is 1. The van der Waals surface area contributed by atoms with E-state index in [-0.39, 0.29) is 5.91 Å². The molecule has 0 aliphatic heterocycles. The summed E-state index contributed by atoms with van der Waals surface area (Å²) >= 11 is 0. The molecule has 4 heteroatoms. The second-order valence-electron chi connectivity index (χ2n) is 5.22. The fourth-order valence-corrected chi connectivity index (χ4v) is 2.29. The highest BCUT2D eigenvalue weighted by Crippen LogP contribution is 2.23. The van der Waals surface area contributed by atoms with Crippen LogP contribution in [0.15, 0.2) is 66.9 Å². The Morgan fingerprint density at radius 3 is 2.14 bits per heavy atom. The summed E-state index contributed by atoms with van der Waals surface area (Å²) in [5.41, 5.74) is 2.39. The largest absolute Gasteiger partial charge is 0.343 e. The van der Waals surface area contributed by atoms with Gasteiger partial charge in [0.2, 0.25) is 0 Å². The summed E-state index contributed by atoms with van der Waals surface area (Å²) in [6, 6.07) is 19.8. The van der Waals surface area contributed by atoms with E-state index in [2.05, 4.69) is 4.98 Å². The molecule has 0 bridgehead atoms. The number of hydrogen-bond acceptors (Lipinski definition) is 2. The number of nitrogens with zero attached hydrogens (tertiary/aromatic N) is 3. The first-order chi connectivity index (χ1) is 10.7. The molecule has 1 aromatic heterocycles. The molecule has 1 heterocycles. The van der Waals surface area contributed by atoms with Crippen molar-refractivity contribution in [3.8, 4) is 17.1 Å². The summed E-state index contributed by atoms with van der Waals surface area (Å²) in [7, 11) is 3.46. The van der Waals surface area contributed by atoms with Crippen molar-refractivity contribution >= 4 is 5.91 Å². The molecule has 3 rings (SSSR count). The van der Waals surface area contributed by atoms with Crippen LogP contribution >= 0.6 is 0 Å². The van der Waals surface area contributed by atoms with Crippen LogP contribution in [0.4, 0.5) is 0 Å². The average Bonchev–Trinajstić information content (AvgIpc) is 3.01. The van der Waals surface area contributed by atoms with Crippen LogP contribution in [0.1, 0.15) is 10.5 Å². The number of imidazole rings is 1. The third-order valence-corrected chi connectivity index (χ3v) is 3.40. The summed E-state index contributed by atoms with van der Waals surface area (Å²) in [4.78, 5) is 18.3. The average molecular weight is 291 g/mol. The molecular weight excluding hydrogens is 274 g/mol. The second-order valence-corrected chi connectivity index (χ2v) is 5.22. The van der Waals surface area contributed by atoms with E-state index in [1.807, 2.05) is 65.2 Å². The minimum atomic E-state index is -0.105. The first-order valence-electron chi connectivity index (χ1n) is 7.08. The maximum Gasteiger partial charge on any atom is 0.273 e. The van der Waals surface area contributed by atoms with Crippen molar-refractivity contribution in [2.24, 2.45) is 0 Å². The Bertz CT molecular complexity index is 720. The summed E-state index contributed by atoms with van der Waals surface area (Å²) < 4.78 is 1.95. The van der Waals surface area contributed by atoms with Crippen molar-refractivity contribution in [1.29, 1.82) is 0 Å². The lowest BCUT2D eigenvalue weighted by Crippen LogP contribution is -2.21.